The van der Waals surface area contributed by atoms with Crippen molar-refractivity contribution in [2.75, 3.05) is 5.32 Å². The summed E-state index contributed by atoms with van der Waals surface area (Å²) < 4.78 is 24.2. The van der Waals surface area contributed by atoms with Gasteiger partial charge in [0.25, 0.3) is 6.43 Å². The molecule has 1 aromatic heterocycles. The standard InChI is InChI=1S/C7H8F2N2O2S/c1-3(5(8)9)10-7-11-4(2-14-7)6(12)13/h2-3,5H,1H3,(H,10,11)(H,12,13). The number of carbonyl (C=O) groups is 1. The van der Waals surface area contributed by atoms with Crippen molar-refractivity contribution >= 4 is 22.4 Å². The molecule has 1 atom stereocenters. The fourth-order valence-corrected chi connectivity index (χ4v) is 1.48. The van der Waals surface area contributed by atoms with Crippen molar-refractivity contribution < 1.29 is 18.7 Å². The molecule has 0 aliphatic heterocycles. The number of carboxylic acids is 1. The molecule has 14 heavy (non-hydrogen) atoms. The van der Waals surface area contributed by atoms with Gasteiger partial charge in [-0.25, -0.2) is 18.6 Å². The van der Waals surface area contributed by atoms with E-state index in [2.05, 4.69) is 10.3 Å². The SMILES string of the molecule is CC(Nc1nc(C(=O)O)cs1)C(F)F. The molecule has 1 rings (SSSR count). The van der Waals surface area contributed by atoms with E-state index in [-0.39, 0.29) is 10.8 Å². The third kappa shape index (κ3) is 2.63. The molecule has 78 valence electrons. The molecule has 4 nitrogen and oxygen atoms in total. The summed E-state index contributed by atoms with van der Waals surface area (Å²) >= 11 is 0.987. The molecule has 0 aliphatic carbocycles. The van der Waals surface area contributed by atoms with E-state index in [0.29, 0.717) is 0 Å². The Labute approximate surface area is 82.6 Å². The summed E-state index contributed by atoms with van der Waals surface area (Å²) in [4.78, 5) is 14.0. The van der Waals surface area contributed by atoms with Crippen molar-refractivity contribution in [2.45, 2.75) is 19.4 Å². The minimum atomic E-state index is -2.51. The Kier molecular flexibility index (Phi) is 3.34. The highest BCUT2D eigenvalue weighted by molar-refractivity contribution is 7.13. The molecular weight excluding hydrogens is 214 g/mol. The van der Waals surface area contributed by atoms with Gasteiger partial charge >= 0.3 is 5.97 Å². The maximum absolute atomic E-state index is 12.1. The van der Waals surface area contributed by atoms with E-state index in [1.165, 1.54) is 12.3 Å². The van der Waals surface area contributed by atoms with Gasteiger partial charge in [0.2, 0.25) is 0 Å². The lowest BCUT2D eigenvalue weighted by Gasteiger charge is -2.10. The number of aromatic carboxylic acids is 1. The number of hydrogen-bond acceptors (Lipinski definition) is 4. The topological polar surface area (TPSA) is 62.2 Å². The number of thiazole rings is 1. The first-order valence-corrected chi connectivity index (χ1v) is 4.62. The highest BCUT2D eigenvalue weighted by atomic mass is 32.1. The first-order valence-electron chi connectivity index (χ1n) is 3.74. The van der Waals surface area contributed by atoms with Gasteiger partial charge in [0.05, 0.1) is 6.04 Å². The highest BCUT2D eigenvalue weighted by Gasteiger charge is 2.16. The van der Waals surface area contributed by atoms with Crippen LogP contribution in [0.15, 0.2) is 5.38 Å². The van der Waals surface area contributed by atoms with Crippen LogP contribution in [0.5, 0.6) is 0 Å². The number of anilines is 1. The lowest BCUT2D eigenvalue weighted by Crippen LogP contribution is -2.23. The summed E-state index contributed by atoms with van der Waals surface area (Å²) in [5.41, 5.74) is -0.140. The van der Waals surface area contributed by atoms with E-state index in [1.807, 2.05) is 0 Å². The summed E-state index contributed by atoms with van der Waals surface area (Å²) in [6.07, 6.45) is -2.51. The van der Waals surface area contributed by atoms with E-state index < -0.39 is 18.4 Å². The lowest BCUT2D eigenvalue weighted by atomic mass is 10.4. The Morgan fingerprint density at radius 3 is 2.79 bits per heavy atom. The fraction of sp³-hybridized carbons (Fsp3) is 0.429. The van der Waals surface area contributed by atoms with Gasteiger partial charge in [-0.15, -0.1) is 11.3 Å². The van der Waals surface area contributed by atoms with Crippen molar-refractivity contribution in [1.82, 2.24) is 4.98 Å². The molecule has 0 saturated heterocycles. The predicted octanol–water partition coefficient (Wildman–Crippen LogP) is 1.91. The summed E-state index contributed by atoms with van der Waals surface area (Å²) in [7, 11) is 0. The maximum atomic E-state index is 12.1. The fourth-order valence-electron chi connectivity index (χ4n) is 0.696. The number of nitrogens with one attached hydrogen (secondary N) is 1. The van der Waals surface area contributed by atoms with E-state index >= 15 is 0 Å². The smallest absolute Gasteiger partial charge is 0.355 e. The van der Waals surface area contributed by atoms with Crippen molar-refractivity contribution in [2.24, 2.45) is 0 Å². The van der Waals surface area contributed by atoms with Gasteiger partial charge in [-0.2, -0.15) is 0 Å². The summed E-state index contributed by atoms with van der Waals surface area (Å²) in [5, 5.41) is 12.4. The second kappa shape index (κ2) is 4.32. The van der Waals surface area contributed by atoms with Gasteiger partial charge < -0.3 is 10.4 Å². The molecule has 0 aliphatic rings. The number of nitrogens with zero attached hydrogens (tertiary/aromatic N) is 1. The average molecular weight is 222 g/mol. The van der Waals surface area contributed by atoms with E-state index in [0.717, 1.165) is 11.3 Å². The van der Waals surface area contributed by atoms with Crippen molar-refractivity contribution in [3.8, 4) is 0 Å². The number of alkyl halides is 2. The molecule has 1 aromatic rings. The number of carboxylic acid groups (broad SMARTS) is 1. The molecule has 0 bridgehead atoms. The zero-order valence-corrected chi connectivity index (χ0v) is 8.02. The number of halogens is 2. The Balaban J connectivity index is 2.64. The molecule has 1 unspecified atom stereocenters. The van der Waals surface area contributed by atoms with Gasteiger partial charge in [-0.1, -0.05) is 0 Å². The van der Waals surface area contributed by atoms with Crippen molar-refractivity contribution in [1.29, 1.82) is 0 Å². The molecule has 0 spiro atoms. The van der Waals surface area contributed by atoms with Gasteiger partial charge in [0, 0.05) is 5.38 Å². The quantitative estimate of drug-likeness (QED) is 0.816. The normalized spacial score (nSPS) is 12.9. The van der Waals surface area contributed by atoms with Gasteiger partial charge in [0.15, 0.2) is 10.8 Å². The van der Waals surface area contributed by atoms with Crippen LogP contribution in [0, 0.1) is 0 Å². The maximum Gasteiger partial charge on any atom is 0.355 e. The highest BCUT2D eigenvalue weighted by Crippen LogP contribution is 2.17. The van der Waals surface area contributed by atoms with Crippen molar-refractivity contribution in [3.63, 3.8) is 0 Å². The molecule has 0 saturated carbocycles. The zero-order valence-electron chi connectivity index (χ0n) is 7.20. The second-order valence-corrected chi connectivity index (χ2v) is 3.47. The molecule has 2 N–H and O–H groups in total. The van der Waals surface area contributed by atoms with Crippen LogP contribution in [0.25, 0.3) is 0 Å². The van der Waals surface area contributed by atoms with Gasteiger partial charge in [0.1, 0.15) is 0 Å². The Bertz CT molecular complexity index is 329. The van der Waals surface area contributed by atoms with E-state index in [1.54, 1.807) is 0 Å². The van der Waals surface area contributed by atoms with Crippen LogP contribution in [-0.4, -0.2) is 28.5 Å². The average Bonchev–Trinajstić information content (AvgIpc) is 2.52. The third-order valence-corrected chi connectivity index (χ3v) is 2.23. The molecule has 7 heteroatoms. The number of rotatable bonds is 4. The lowest BCUT2D eigenvalue weighted by molar-refractivity contribution is 0.0691. The first kappa shape index (κ1) is 10.8. The molecule has 0 fully saturated rings. The van der Waals surface area contributed by atoms with Gasteiger partial charge in [-0.05, 0) is 6.92 Å². The minimum Gasteiger partial charge on any atom is -0.476 e. The Morgan fingerprint density at radius 2 is 2.36 bits per heavy atom. The molecular formula is C7H8F2N2O2S. The van der Waals surface area contributed by atoms with Crippen LogP contribution in [0.1, 0.15) is 17.4 Å². The van der Waals surface area contributed by atoms with Gasteiger partial charge in [-0.3, -0.25) is 0 Å². The Hall–Kier alpha value is -1.24. The second-order valence-electron chi connectivity index (χ2n) is 2.61. The molecule has 1 heterocycles. The van der Waals surface area contributed by atoms with E-state index in [9.17, 15) is 13.6 Å². The summed E-state index contributed by atoms with van der Waals surface area (Å²) in [6, 6.07) is -1.04. The van der Waals surface area contributed by atoms with Crippen LogP contribution >= 0.6 is 11.3 Å². The Morgan fingerprint density at radius 1 is 1.71 bits per heavy atom. The van der Waals surface area contributed by atoms with Crippen LogP contribution in [0.3, 0.4) is 0 Å². The first-order chi connectivity index (χ1) is 6.50. The van der Waals surface area contributed by atoms with Crippen LogP contribution in [0.2, 0.25) is 0 Å². The molecule has 0 aromatic carbocycles. The minimum absolute atomic E-state index is 0.140. The predicted molar refractivity (Wildman–Crippen MR) is 48.2 cm³/mol. The third-order valence-electron chi connectivity index (χ3n) is 1.45. The monoisotopic (exact) mass is 222 g/mol. The number of hydrogen-bond donors (Lipinski definition) is 2. The molecule has 0 amide bonds. The van der Waals surface area contributed by atoms with Crippen LogP contribution in [0.4, 0.5) is 13.9 Å². The largest absolute Gasteiger partial charge is 0.476 e. The van der Waals surface area contributed by atoms with Crippen LogP contribution < -0.4 is 5.32 Å². The van der Waals surface area contributed by atoms with Crippen LogP contribution in [-0.2, 0) is 0 Å². The van der Waals surface area contributed by atoms with Crippen molar-refractivity contribution in [3.05, 3.63) is 11.1 Å². The van der Waals surface area contributed by atoms with E-state index in [4.69, 9.17) is 5.11 Å². The molecule has 0 radical (unpaired) electrons. The summed E-state index contributed by atoms with van der Waals surface area (Å²) in [5.74, 6) is -1.17. The number of aromatic nitrogens is 1. The zero-order chi connectivity index (χ0) is 10.7. The summed E-state index contributed by atoms with van der Waals surface area (Å²) in [6.45, 7) is 1.30.